The van der Waals surface area contributed by atoms with Gasteiger partial charge in [-0.2, -0.15) is 0 Å². The van der Waals surface area contributed by atoms with Crippen LogP contribution in [0.2, 0.25) is 0 Å². The second-order valence-electron chi connectivity index (χ2n) is 8.59. The van der Waals surface area contributed by atoms with E-state index in [2.05, 4.69) is 20.9 Å². The van der Waals surface area contributed by atoms with Crippen molar-refractivity contribution in [3.63, 3.8) is 0 Å². The molecular formula is C28H48N6O6. The SMILES string of the molecule is C.C.CCC(NC)C(=O)O.CNC(Cc1cn(C)c2ccccc12)C(=O)O.CNC(Cc1nccn1C)C(=O)O. The zero-order chi connectivity index (χ0) is 28.8. The fourth-order valence-electron chi connectivity index (χ4n) is 3.71. The van der Waals surface area contributed by atoms with Gasteiger partial charge in [0, 0.05) is 56.4 Å². The van der Waals surface area contributed by atoms with E-state index in [0.29, 0.717) is 19.3 Å². The molecular weight excluding hydrogens is 516 g/mol. The van der Waals surface area contributed by atoms with Crippen LogP contribution in [0.5, 0.6) is 0 Å². The van der Waals surface area contributed by atoms with Gasteiger partial charge in [0.2, 0.25) is 0 Å². The molecule has 3 unspecified atom stereocenters. The maximum atomic E-state index is 11.0. The van der Waals surface area contributed by atoms with Crippen LogP contribution in [0.1, 0.15) is 39.6 Å². The molecule has 6 N–H and O–H groups in total. The number of imidazole rings is 1. The Hall–Kier alpha value is -3.74. The van der Waals surface area contributed by atoms with E-state index in [9.17, 15) is 14.4 Å². The van der Waals surface area contributed by atoms with Crippen LogP contribution in [0, 0.1) is 0 Å². The number of aromatic nitrogens is 3. The molecule has 0 bridgehead atoms. The third-order valence-electron chi connectivity index (χ3n) is 6.06. The maximum absolute atomic E-state index is 11.0. The predicted molar refractivity (Wildman–Crippen MR) is 159 cm³/mol. The number of likely N-dealkylation sites (N-methyl/N-ethyl adjacent to an activating group) is 3. The molecule has 0 fully saturated rings. The van der Waals surface area contributed by atoms with E-state index in [1.165, 1.54) is 0 Å². The fraction of sp³-hybridized carbons (Fsp3) is 0.500. The molecule has 12 nitrogen and oxygen atoms in total. The summed E-state index contributed by atoms with van der Waals surface area (Å²) in [7, 11) is 8.76. The molecule has 2 heterocycles. The summed E-state index contributed by atoms with van der Waals surface area (Å²) < 4.78 is 3.84. The van der Waals surface area contributed by atoms with Gasteiger partial charge in [-0.3, -0.25) is 14.4 Å². The first-order valence-corrected chi connectivity index (χ1v) is 12.2. The van der Waals surface area contributed by atoms with E-state index in [1.54, 1.807) is 33.5 Å². The lowest BCUT2D eigenvalue weighted by atomic mass is 10.1. The van der Waals surface area contributed by atoms with Gasteiger partial charge < -0.3 is 40.4 Å². The highest BCUT2D eigenvalue weighted by Crippen LogP contribution is 2.21. The molecule has 0 aliphatic heterocycles. The molecule has 1 aromatic carbocycles. The number of carbonyl (C=O) groups is 3. The van der Waals surface area contributed by atoms with Gasteiger partial charge >= 0.3 is 17.9 Å². The Morgan fingerprint density at radius 3 is 1.73 bits per heavy atom. The molecule has 226 valence electrons. The van der Waals surface area contributed by atoms with Gasteiger partial charge in [-0.1, -0.05) is 40.0 Å². The lowest BCUT2D eigenvalue weighted by molar-refractivity contribution is -0.140. The average molecular weight is 565 g/mol. The smallest absolute Gasteiger partial charge is 0.321 e. The number of benzene rings is 1. The Bertz CT molecular complexity index is 1170. The predicted octanol–water partition coefficient (Wildman–Crippen LogP) is 2.37. The summed E-state index contributed by atoms with van der Waals surface area (Å²) in [5, 5.41) is 35.4. The van der Waals surface area contributed by atoms with Gasteiger partial charge in [0.25, 0.3) is 0 Å². The summed E-state index contributed by atoms with van der Waals surface area (Å²) >= 11 is 0. The van der Waals surface area contributed by atoms with Crippen molar-refractivity contribution in [2.45, 2.75) is 59.2 Å². The van der Waals surface area contributed by atoms with Crippen LogP contribution in [-0.2, 0) is 41.3 Å². The van der Waals surface area contributed by atoms with Crippen molar-refractivity contribution in [2.24, 2.45) is 14.1 Å². The van der Waals surface area contributed by atoms with Crippen LogP contribution in [0.3, 0.4) is 0 Å². The van der Waals surface area contributed by atoms with Crippen LogP contribution >= 0.6 is 0 Å². The molecule has 40 heavy (non-hydrogen) atoms. The number of hydrogen-bond donors (Lipinski definition) is 6. The summed E-state index contributed by atoms with van der Waals surface area (Å²) in [6.07, 6.45) is 6.97. The molecule has 0 aliphatic carbocycles. The minimum absolute atomic E-state index is 0. The van der Waals surface area contributed by atoms with E-state index in [4.69, 9.17) is 15.3 Å². The van der Waals surface area contributed by atoms with Gasteiger partial charge in [0.15, 0.2) is 0 Å². The molecule has 0 saturated heterocycles. The third-order valence-corrected chi connectivity index (χ3v) is 6.06. The molecule has 0 amide bonds. The molecule has 0 radical (unpaired) electrons. The Labute approximate surface area is 237 Å². The van der Waals surface area contributed by atoms with Gasteiger partial charge in [-0.15, -0.1) is 0 Å². The minimum atomic E-state index is -0.856. The second-order valence-corrected chi connectivity index (χ2v) is 8.59. The lowest BCUT2D eigenvalue weighted by Crippen LogP contribution is -2.36. The monoisotopic (exact) mass is 564 g/mol. The molecule has 0 aliphatic rings. The number of aliphatic carboxylic acids is 3. The first-order valence-electron chi connectivity index (χ1n) is 12.2. The highest BCUT2D eigenvalue weighted by molar-refractivity contribution is 5.85. The first-order chi connectivity index (χ1) is 18.0. The molecule has 0 spiro atoms. The number of para-hydroxylation sites is 1. The average Bonchev–Trinajstić information content (AvgIpc) is 3.44. The van der Waals surface area contributed by atoms with Crippen molar-refractivity contribution in [1.29, 1.82) is 0 Å². The second kappa shape index (κ2) is 19.3. The quantitative estimate of drug-likeness (QED) is 0.203. The lowest BCUT2D eigenvalue weighted by Gasteiger charge is -2.10. The Morgan fingerprint density at radius 2 is 1.32 bits per heavy atom. The van der Waals surface area contributed by atoms with Crippen LogP contribution in [0.25, 0.3) is 10.9 Å². The van der Waals surface area contributed by atoms with E-state index in [0.717, 1.165) is 22.3 Å². The van der Waals surface area contributed by atoms with Crippen LogP contribution < -0.4 is 16.0 Å². The third kappa shape index (κ3) is 11.6. The van der Waals surface area contributed by atoms with E-state index >= 15 is 0 Å². The minimum Gasteiger partial charge on any atom is -0.480 e. The number of fused-ring (bicyclic) bond motifs is 1. The molecule has 3 aromatic rings. The molecule has 12 heteroatoms. The molecule has 0 saturated carbocycles. The Balaban J connectivity index is 0. The normalized spacial score (nSPS) is 12.2. The number of rotatable bonds is 11. The topological polar surface area (TPSA) is 171 Å². The summed E-state index contributed by atoms with van der Waals surface area (Å²) in [4.78, 5) is 35.8. The number of nitrogens with zero attached hydrogens (tertiary/aromatic N) is 3. The Kier molecular flexibility index (Phi) is 18.6. The molecule has 3 atom stereocenters. The van der Waals surface area contributed by atoms with Crippen molar-refractivity contribution in [1.82, 2.24) is 30.1 Å². The van der Waals surface area contributed by atoms with Crippen molar-refractivity contribution < 1.29 is 29.7 Å². The van der Waals surface area contributed by atoms with Crippen molar-refractivity contribution >= 4 is 28.8 Å². The Morgan fingerprint density at radius 1 is 0.825 bits per heavy atom. The number of carboxylic acids is 3. The summed E-state index contributed by atoms with van der Waals surface area (Å²) in [6, 6.07) is 6.53. The largest absolute Gasteiger partial charge is 0.480 e. The number of hydrogen-bond acceptors (Lipinski definition) is 7. The van der Waals surface area contributed by atoms with Crippen molar-refractivity contribution in [3.8, 4) is 0 Å². The standard InChI is InChI=1S/C13H16N2O2.C8H13N3O2.C5H11NO2.2CH4/c1-14-11(13(16)17)7-9-8-15(2)12-6-4-3-5-10(9)12;1-9-6(8(12)13)5-7-10-3-4-11(7)2;1-3-4(6-2)5(7)8;;/h3-6,8,11,14H,7H2,1-2H3,(H,16,17);3-4,6,9H,5H2,1-2H3,(H,12,13);4,6H,3H2,1-2H3,(H,7,8);2*1H4. The summed E-state index contributed by atoms with van der Waals surface area (Å²) in [5.41, 5.74) is 2.19. The highest BCUT2D eigenvalue weighted by atomic mass is 16.4. The van der Waals surface area contributed by atoms with Gasteiger partial charge in [-0.05, 0) is 39.2 Å². The fourth-order valence-corrected chi connectivity index (χ4v) is 3.71. The highest BCUT2D eigenvalue weighted by Gasteiger charge is 2.18. The number of nitrogens with one attached hydrogen (secondary N) is 3. The molecule has 2 aromatic heterocycles. The van der Waals surface area contributed by atoms with Gasteiger partial charge in [0.1, 0.15) is 23.9 Å². The van der Waals surface area contributed by atoms with Crippen molar-refractivity contribution in [2.75, 3.05) is 21.1 Å². The van der Waals surface area contributed by atoms with Gasteiger partial charge in [0.05, 0.1) is 0 Å². The number of aryl methyl sites for hydroxylation is 2. The zero-order valence-electron chi connectivity index (χ0n) is 22.8. The maximum Gasteiger partial charge on any atom is 0.321 e. The van der Waals surface area contributed by atoms with Crippen LogP contribution in [0.15, 0.2) is 42.9 Å². The van der Waals surface area contributed by atoms with Crippen LogP contribution in [0.4, 0.5) is 0 Å². The van der Waals surface area contributed by atoms with Crippen LogP contribution in [-0.4, -0.2) is 86.6 Å². The van der Waals surface area contributed by atoms with Gasteiger partial charge in [-0.25, -0.2) is 4.98 Å². The first kappa shape index (κ1) is 38.4. The summed E-state index contributed by atoms with van der Waals surface area (Å²) in [5.74, 6) is -1.69. The van der Waals surface area contributed by atoms with Crippen molar-refractivity contribution in [3.05, 3.63) is 54.2 Å². The summed E-state index contributed by atoms with van der Waals surface area (Å²) in [6.45, 7) is 1.83. The van der Waals surface area contributed by atoms with E-state index in [1.807, 2.05) is 60.6 Å². The number of carboxylic acid groups (broad SMARTS) is 3. The van der Waals surface area contributed by atoms with E-state index < -0.39 is 30.0 Å². The zero-order valence-corrected chi connectivity index (χ0v) is 22.8. The molecule has 3 rings (SSSR count). The van der Waals surface area contributed by atoms with E-state index in [-0.39, 0.29) is 20.9 Å².